The molecule has 3 rings (SSSR count). The molecule has 0 saturated carbocycles. The van der Waals surface area contributed by atoms with Crippen LogP contribution in [0, 0.1) is 0 Å². The minimum Gasteiger partial charge on any atom is -0.333 e. The number of para-hydroxylation sites is 1. The number of nitrogens with zero attached hydrogens (tertiary/aromatic N) is 2. The van der Waals surface area contributed by atoms with Crippen molar-refractivity contribution in [1.82, 2.24) is 10.2 Å². The third-order valence-electron chi connectivity index (χ3n) is 3.26. The van der Waals surface area contributed by atoms with Crippen molar-refractivity contribution in [1.29, 1.82) is 0 Å². The standard InChI is InChI=1S/C13H13N3O3/c17-12(15-8-4-5-9-15)11-13(18)19-14-16(11)10-6-2-1-3-7-10/h1-3,6-7H,4-5,8-9H2/p+1. The highest BCUT2D eigenvalue weighted by molar-refractivity contribution is 5.90. The number of carbonyl (C=O) groups is 1. The Hall–Kier alpha value is -2.37. The molecule has 1 N–H and O–H groups in total. The van der Waals surface area contributed by atoms with Crippen molar-refractivity contribution in [2.24, 2.45) is 0 Å². The van der Waals surface area contributed by atoms with Crippen molar-refractivity contribution in [2.75, 3.05) is 13.1 Å². The Balaban J connectivity index is 2.04. The molecule has 1 saturated heterocycles. The number of hydrogen-bond acceptors (Lipinski definition) is 3. The topological polar surface area (TPSA) is 70.2 Å². The maximum Gasteiger partial charge on any atom is 0.441 e. The van der Waals surface area contributed by atoms with Gasteiger partial charge in [-0.05, 0) is 22.8 Å². The molecular weight excluding hydrogens is 246 g/mol. The summed E-state index contributed by atoms with van der Waals surface area (Å²) in [6.07, 6.45) is 1.96. The number of likely N-dealkylation sites (tertiary alicyclic amines) is 1. The number of nitrogens with one attached hydrogen (secondary N) is 1. The minimum absolute atomic E-state index is 0.0214. The highest BCUT2D eigenvalue weighted by Crippen LogP contribution is 2.10. The zero-order valence-electron chi connectivity index (χ0n) is 10.3. The molecule has 0 radical (unpaired) electrons. The number of amides is 1. The van der Waals surface area contributed by atoms with Crippen LogP contribution in [0.1, 0.15) is 23.3 Å². The Morgan fingerprint density at radius 1 is 1.21 bits per heavy atom. The van der Waals surface area contributed by atoms with E-state index in [0.29, 0.717) is 18.8 Å². The molecule has 1 aromatic heterocycles. The lowest BCUT2D eigenvalue weighted by molar-refractivity contribution is -0.672. The van der Waals surface area contributed by atoms with Gasteiger partial charge in [0, 0.05) is 25.2 Å². The molecule has 2 heterocycles. The molecule has 0 unspecified atom stereocenters. The molecule has 1 aliphatic rings. The van der Waals surface area contributed by atoms with E-state index in [-0.39, 0.29) is 11.6 Å². The fraction of sp³-hybridized carbons (Fsp3) is 0.308. The molecule has 0 bridgehead atoms. The maximum absolute atomic E-state index is 12.3. The van der Waals surface area contributed by atoms with Crippen LogP contribution in [0.4, 0.5) is 0 Å². The van der Waals surface area contributed by atoms with Gasteiger partial charge < -0.3 is 4.90 Å². The second-order valence-electron chi connectivity index (χ2n) is 4.50. The van der Waals surface area contributed by atoms with Gasteiger partial charge in [-0.3, -0.25) is 9.32 Å². The van der Waals surface area contributed by atoms with Crippen molar-refractivity contribution in [3.63, 3.8) is 0 Å². The first-order valence-electron chi connectivity index (χ1n) is 6.25. The molecule has 98 valence electrons. The van der Waals surface area contributed by atoms with Crippen molar-refractivity contribution < 1.29 is 14.0 Å². The van der Waals surface area contributed by atoms with E-state index in [4.69, 9.17) is 4.52 Å². The Morgan fingerprint density at radius 2 is 1.89 bits per heavy atom. The van der Waals surface area contributed by atoms with Crippen LogP contribution in [0.3, 0.4) is 0 Å². The molecule has 19 heavy (non-hydrogen) atoms. The Bertz CT molecular complexity index is 639. The molecule has 1 amide bonds. The molecule has 6 nitrogen and oxygen atoms in total. The smallest absolute Gasteiger partial charge is 0.333 e. The molecule has 1 fully saturated rings. The van der Waals surface area contributed by atoms with Gasteiger partial charge in [0.2, 0.25) is 5.69 Å². The van der Waals surface area contributed by atoms with Crippen LogP contribution in [-0.2, 0) is 0 Å². The fourth-order valence-electron chi connectivity index (χ4n) is 2.28. The first-order valence-corrected chi connectivity index (χ1v) is 6.25. The highest BCUT2D eigenvalue weighted by Gasteiger charge is 2.35. The van der Waals surface area contributed by atoms with Gasteiger partial charge >= 0.3 is 17.2 Å². The Labute approximate surface area is 109 Å². The lowest BCUT2D eigenvalue weighted by Gasteiger charge is -2.10. The van der Waals surface area contributed by atoms with Crippen LogP contribution in [0.2, 0.25) is 0 Å². The fourth-order valence-corrected chi connectivity index (χ4v) is 2.28. The number of carbonyl (C=O) groups excluding carboxylic acids is 1. The van der Waals surface area contributed by atoms with E-state index in [1.807, 2.05) is 18.2 Å². The zero-order valence-corrected chi connectivity index (χ0v) is 10.3. The molecular formula is C13H14N3O3+. The maximum atomic E-state index is 12.3. The predicted molar refractivity (Wildman–Crippen MR) is 66.0 cm³/mol. The Morgan fingerprint density at radius 3 is 2.58 bits per heavy atom. The monoisotopic (exact) mass is 260 g/mol. The second kappa shape index (κ2) is 4.72. The van der Waals surface area contributed by atoms with E-state index in [9.17, 15) is 9.59 Å². The minimum atomic E-state index is -0.638. The average molecular weight is 260 g/mol. The van der Waals surface area contributed by atoms with E-state index in [0.717, 1.165) is 12.8 Å². The first-order chi connectivity index (χ1) is 9.27. The normalized spacial score (nSPS) is 14.8. The summed E-state index contributed by atoms with van der Waals surface area (Å²) in [7, 11) is 0. The summed E-state index contributed by atoms with van der Waals surface area (Å²) in [6.45, 7) is 1.39. The molecule has 0 aliphatic carbocycles. The average Bonchev–Trinajstić information content (AvgIpc) is 3.08. The van der Waals surface area contributed by atoms with Gasteiger partial charge in [0.1, 0.15) is 0 Å². The summed E-state index contributed by atoms with van der Waals surface area (Å²) in [6, 6.07) is 9.12. The summed E-state index contributed by atoms with van der Waals surface area (Å²) >= 11 is 0. The molecule has 0 atom stereocenters. The number of H-pyrrole nitrogens is 1. The molecule has 1 aliphatic heterocycles. The van der Waals surface area contributed by atoms with Gasteiger partial charge in [0.15, 0.2) is 0 Å². The number of rotatable bonds is 2. The van der Waals surface area contributed by atoms with Gasteiger partial charge in [-0.15, -0.1) is 0 Å². The zero-order chi connectivity index (χ0) is 13.2. The summed E-state index contributed by atoms with van der Waals surface area (Å²) in [5.41, 5.74) is 0.0738. The highest BCUT2D eigenvalue weighted by atomic mass is 16.5. The van der Waals surface area contributed by atoms with Gasteiger partial charge in [-0.2, -0.15) is 0 Å². The first kappa shape index (κ1) is 11.7. The van der Waals surface area contributed by atoms with Gasteiger partial charge in [0.05, 0.1) is 0 Å². The van der Waals surface area contributed by atoms with Crippen LogP contribution in [-0.4, -0.2) is 29.2 Å². The van der Waals surface area contributed by atoms with E-state index in [1.165, 1.54) is 4.68 Å². The van der Waals surface area contributed by atoms with Crippen LogP contribution in [0.15, 0.2) is 39.6 Å². The number of aromatic amines is 1. The third-order valence-corrected chi connectivity index (χ3v) is 3.26. The number of aromatic nitrogens is 2. The van der Waals surface area contributed by atoms with Gasteiger partial charge in [-0.1, -0.05) is 18.2 Å². The SMILES string of the molecule is O=C(c1c(=O)o[nH][n+]1-c1ccccc1)N1CCCC1. The third kappa shape index (κ3) is 2.05. The lowest BCUT2D eigenvalue weighted by Crippen LogP contribution is -2.45. The molecule has 6 heteroatoms. The Kier molecular flexibility index (Phi) is 2.91. The molecule has 1 aromatic carbocycles. The van der Waals surface area contributed by atoms with E-state index >= 15 is 0 Å². The van der Waals surface area contributed by atoms with Crippen LogP contribution < -0.4 is 10.3 Å². The summed E-state index contributed by atoms with van der Waals surface area (Å²) in [5.74, 6) is -0.281. The van der Waals surface area contributed by atoms with E-state index < -0.39 is 5.63 Å². The number of hydrogen-bond donors (Lipinski definition) is 1. The molecule has 2 aromatic rings. The summed E-state index contributed by atoms with van der Waals surface area (Å²) in [5, 5.41) is 2.48. The van der Waals surface area contributed by atoms with Crippen molar-refractivity contribution in [2.45, 2.75) is 12.8 Å². The van der Waals surface area contributed by atoms with E-state index in [2.05, 4.69) is 5.27 Å². The van der Waals surface area contributed by atoms with Crippen molar-refractivity contribution >= 4 is 5.91 Å². The quantitative estimate of drug-likeness (QED) is 0.798. The van der Waals surface area contributed by atoms with Gasteiger partial charge in [0.25, 0.3) is 0 Å². The number of benzene rings is 1. The van der Waals surface area contributed by atoms with E-state index in [1.54, 1.807) is 17.0 Å². The summed E-state index contributed by atoms with van der Waals surface area (Å²) < 4.78 is 6.16. The van der Waals surface area contributed by atoms with Crippen LogP contribution in [0.25, 0.3) is 5.69 Å². The molecule has 0 spiro atoms. The lowest BCUT2D eigenvalue weighted by atomic mass is 10.3. The van der Waals surface area contributed by atoms with Crippen molar-refractivity contribution in [3.05, 3.63) is 46.4 Å². The van der Waals surface area contributed by atoms with Gasteiger partial charge in [-0.25, -0.2) is 4.79 Å². The largest absolute Gasteiger partial charge is 0.441 e. The van der Waals surface area contributed by atoms with Crippen LogP contribution >= 0.6 is 0 Å². The predicted octanol–water partition coefficient (Wildman–Crippen LogP) is 0.481. The second-order valence-corrected chi connectivity index (χ2v) is 4.50. The van der Waals surface area contributed by atoms with Crippen molar-refractivity contribution in [3.8, 4) is 5.69 Å². The van der Waals surface area contributed by atoms with Crippen LogP contribution in [0.5, 0.6) is 0 Å². The summed E-state index contributed by atoms with van der Waals surface area (Å²) in [4.78, 5) is 25.8.